The number of aromatic amines is 1. The zero-order valence-electron chi connectivity index (χ0n) is 26.2. The second-order valence-corrected chi connectivity index (χ2v) is 12.2. The van der Waals surface area contributed by atoms with Gasteiger partial charge < -0.3 is 16.8 Å². The van der Waals surface area contributed by atoms with Crippen molar-refractivity contribution in [2.45, 2.75) is 64.2 Å². The molecule has 13 heteroatoms. The molecule has 4 aromatic rings. The molecule has 3 amide bonds. The summed E-state index contributed by atoms with van der Waals surface area (Å²) in [5.74, 6) is -1.64. The molecule has 6 N–H and O–H groups in total. The molecule has 0 radical (unpaired) electrons. The van der Waals surface area contributed by atoms with Crippen LogP contribution in [0.4, 0.5) is 18.9 Å². The number of nitrogens with one attached hydrogen (secondary N) is 2. The first-order chi connectivity index (χ1) is 22.3. The summed E-state index contributed by atoms with van der Waals surface area (Å²) in [6, 6.07) is 12.5. The van der Waals surface area contributed by atoms with Crippen LogP contribution >= 0.6 is 0 Å². The summed E-state index contributed by atoms with van der Waals surface area (Å²) >= 11 is 0. The lowest BCUT2D eigenvalue weighted by atomic mass is 9.81. The third kappa shape index (κ3) is 7.68. The summed E-state index contributed by atoms with van der Waals surface area (Å²) in [5, 5.41) is 9.69. The molecule has 248 valence electrons. The van der Waals surface area contributed by atoms with E-state index in [9.17, 15) is 27.6 Å². The van der Waals surface area contributed by atoms with Gasteiger partial charge in [0.05, 0.1) is 23.4 Å². The molecule has 1 unspecified atom stereocenters. The number of fused-ring (bicyclic) bond motifs is 1. The number of rotatable bonds is 9. The van der Waals surface area contributed by atoms with E-state index >= 15 is 0 Å². The minimum absolute atomic E-state index is 0.123. The number of carbonyl (C=O) groups is 3. The highest BCUT2D eigenvalue weighted by Crippen LogP contribution is 2.32. The number of carbonyl (C=O) groups excluding carboxylic acids is 3. The molecular weight excluding hydrogens is 611 g/mol. The summed E-state index contributed by atoms with van der Waals surface area (Å²) in [7, 11) is 0. The average molecular weight is 650 g/mol. The lowest BCUT2D eigenvalue weighted by Crippen LogP contribution is -2.50. The second kappa shape index (κ2) is 14.0. The quantitative estimate of drug-likeness (QED) is 0.203. The van der Waals surface area contributed by atoms with E-state index in [4.69, 9.17) is 11.5 Å². The Morgan fingerprint density at radius 1 is 1.04 bits per heavy atom. The Morgan fingerprint density at radius 3 is 2.38 bits per heavy atom. The van der Waals surface area contributed by atoms with Crippen molar-refractivity contribution in [2.75, 3.05) is 11.4 Å². The van der Waals surface area contributed by atoms with Crippen LogP contribution in [0.25, 0.3) is 22.0 Å². The van der Waals surface area contributed by atoms with Crippen LogP contribution < -0.4 is 21.7 Å². The largest absolute Gasteiger partial charge is 0.408 e. The van der Waals surface area contributed by atoms with Crippen LogP contribution in [0.1, 0.15) is 54.4 Å². The summed E-state index contributed by atoms with van der Waals surface area (Å²) < 4.78 is 38.6. The molecule has 2 heterocycles. The number of benzene rings is 2. The molecule has 10 nitrogen and oxygen atoms in total. The van der Waals surface area contributed by atoms with Gasteiger partial charge in [-0.05, 0) is 93.8 Å². The van der Waals surface area contributed by atoms with Gasteiger partial charge >= 0.3 is 6.18 Å². The van der Waals surface area contributed by atoms with Crippen LogP contribution in [0.5, 0.6) is 0 Å². The zero-order chi connectivity index (χ0) is 33.9. The van der Waals surface area contributed by atoms with E-state index in [1.54, 1.807) is 37.4 Å². The highest BCUT2D eigenvalue weighted by atomic mass is 19.4. The summed E-state index contributed by atoms with van der Waals surface area (Å²) in [6.45, 7) is 3.10. The van der Waals surface area contributed by atoms with Gasteiger partial charge in [-0.2, -0.15) is 18.3 Å². The van der Waals surface area contributed by atoms with E-state index < -0.39 is 30.1 Å². The van der Waals surface area contributed by atoms with Gasteiger partial charge in [-0.3, -0.25) is 19.5 Å². The number of H-pyrrole nitrogens is 1. The van der Waals surface area contributed by atoms with E-state index in [1.165, 1.54) is 11.0 Å². The van der Waals surface area contributed by atoms with E-state index in [-0.39, 0.29) is 23.9 Å². The van der Waals surface area contributed by atoms with Crippen LogP contribution in [-0.4, -0.2) is 57.7 Å². The van der Waals surface area contributed by atoms with Crippen LogP contribution in [0.2, 0.25) is 0 Å². The Morgan fingerprint density at radius 2 is 1.74 bits per heavy atom. The summed E-state index contributed by atoms with van der Waals surface area (Å²) in [5.41, 5.74) is 16.0. The Balaban J connectivity index is 1.30. The van der Waals surface area contributed by atoms with E-state index in [0.29, 0.717) is 47.8 Å². The van der Waals surface area contributed by atoms with Gasteiger partial charge in [-0.1, -0.05) is 30.3 Å². The van der Waals surface area contributed by atoms with Crippen molar-refractivity contribution in [3.05, 3.63) is 77.7 Å². The number of halogens is 3. The summed E-state index contributed by atoms with van der Waals surface area (Å²) in [4.78, 5) is 45.5. The van der Waals surface area contributed by atoms with Crippen LogP contribution in [0.3, 0.4) is 0 Å². The fraction of sp³-hybridized carbons (Fsp3) is 0.382. The predicted molar refractivity (Wildman–Crippen MR) is 172 cm³/mol. The smallest absolute Gasteiger partial charge is 0.339 e. The maximum Gasteiger partial charge on any atom is 0.408 e. The molecule has 5 rings (SSSR count). The Bertz CT molecular complexity index is 1750. The van der Waals surface area contributed by atoms with Gasteiger partial charge in [0.15, 0.2) is 0 Å². The van der Waals surface area contributed by atoms with Crippen LogP contribution in [-0.2, 0) is 16.0 Å². The predicted octanol–water partition coefficient (Wildman–Crippen LogP) is 4.81. The topological polar surface area (TPSA) is 160 Å². The molecule has 1 saturated carbocycles. The number of aryl methyl sites for hydroxylation is 1. The fourth-order valence-corrected chi connectivity index (χ4v) is 5.93. The Labute approximate surface area is 270 Å². The van der Waals surface area contributed by atoms with E-state index in [2.05, 4.69) is 15.2 Å². The minimum atomic E-state index is -4.56. The van der Waals surface area contributed by atoms with Gasteiger partial charge in [0.25, 0.3) is 11.8 Å². The first-order valence-electron chi connectivity index (χ1n) is 15.6. The first-order valence-corrected chi connectivity index (χ1v) is 15.6. The lowest BCUT2D eigenvalue weighted by molar-refractivity contribution is -0.149. The number of hydrogen-bond acceptors (Lipinski definition) is 7. The van der Waals surface area contributed by atoms with Crippen molar-refractivity contribution < 1.29 is 27.6 Å². The van der Waals surface area contributed by atoms with Gasteiger partial charge in [0.1, 0.15) is 11.7 Å². The number of alkyl halides is 3. The highest BCUT2D eigenvalue weighted by Gasteiger charge is 2.37. The maximum absolute atomic E-state index is 13.9. The SMILES string of the molecule is Cc1nc(C(=O)NC(C)C(F)(F)F)ccc1-c1ccc(C[C@H](N)C(=O)N(C(=O)C2CCC(CN)CC2)c2ccc3cn[nH]c3c2)cc1. The number of hydrogen-bond donors (Lipinski definition) is 4. The third-order valence-corrected chi connectivity index (χ3v) is 8.85. The minimum Gasteiger partial charge on any atom is -0.339 e. The molecule has 0 saturated heterocycles. The van der Waals surface area contributed by atoms with Gasteiger partial charge in [0, 0.05) is 22.6 Å². The molecule has 2 aromatic carbocycles. The Kier molecular flexibility index (Phi) is 10.1. The lowest BCUT2D eigenvalue weighted by Gasteiger charge is -2.32. The number of anilines is 1. The number of aromatic nitrogens is 3. The molecule has 0 spiro atoms. The second-order valence-electron chi connectivity index (χ2n) is 12.2. The normalized spacial score (nSPS) is 18.0. The molecule has 1 aliphatic carbocycles. The maximum atomic E-state index is 13.9. The molecule has 0 bridgehead atoms. The first kappa shape index (κ1) is 33.7. The van der Waals surface area contributed by atoms with Crippen molar-refractivity contribution in [3.8, 4) is 11.1 Å². The molecule has 0 aliphatic heterocycles. The molecular formula is C34H38F3N7O3. The van der Waals surface area contributed by atoms with Crippen molar-refractivity contribution in [1.29, 1.82) is 0 Å². The molecule has 2 aromatic heterocycles. The number of nitrogens with two attached hydrogens (primary N) is 2. The number of amides is 3. The van der Waals surface area contributed by atoms with Gasteiger partial charge in [-0.25, -0.2) is 9.88 Å². The van der Waals surface area contributed by atoms with E-state index in [1.807, 2.05) is 29.6 Å². The van der Waals surface area contributed by atoms with Crippen molar-refractivity contribution in [2.24, 2.45) is 23.3 Å². The zero-order valence-corrected chi connectivity index (χ0v) is 26.2. The molecule has 47 heavy (non-hydrogen) atoms. The van der Waals surface area contributed by atoms with Crippen molar-refractivity contribution >= 4 is 34.3 Å². The van der Waals surface area contributed by atoms with E-state index in [0.717, 1.165) is 36.3 Å². The van der Waals surface area contributed by atoms with Gasteiger partial charge in [-0.15, -0.1) is 0 Å². The van der Waals surface area contributed by atoms with Crippen molar-refractivity contribution in [3.63, 3.8) is 0 Å². The molecule has 1 fully saturated rings. The monoisotopic (exact) mass is 649 g/mol. The summed E-state index contributed by atoms with van der Waals surface area (Å²) in [6.07, 6.45) is 0.234. The van der Waals surface area contributed by atoms with Crippen LogP contribution in [0, 0.1) is 18.8 Å². The average Bonchev–Trinajstić information content (AvgIpc) is 3.53. The number of nitrogens with zero attached hydrogens (tertiary/aromatic N) is 3. The Hall–Kier alpha value is -4.62. The highest BCUT2D eigenvalue weighted by molar-refractivity contribution is 6.17. The third-order valence-electron chi connectivity index (χ3n) is 8.85. The standard InChI is InChI=1S/C34H38F3N7O3/c1-19-27(13-14-29(41-19)31(45)42-20(2)34(35,36)37)23-7-3-21(4-8-23)15-28(39)33(47)44(26-12-11-25-18-40-43-30(25)16-26)32(46)24-9-5-22(17-38)6-10-24/h3-4,7-8,11-14,16,18,20,22,24,28H,5-6,9-10,15,17,38-39H2,1-2H3,(H,40,43)(H,42,45)/t20?,22?,24?,28-/m0/s1. The van der Waals surface area contributed by atoms with Crippen molar-refractivity contribution in [1.82, 2.24) is 20.5 Å². The molecule has 1 aliphatic rings. The van der Waals surface area contributed by atoms with Crippen LogP contribution in [0.15, 0.2) is 60.8 Å². The number of imide groups is 1. The fourth-order valence-electron chi connectivity index (χ4n) is 5.93. The molecule has 2 atom stereocenters. The number of pyridine rings is 1. The van der Waals surface area contributed by atoms with Gasteiger partial charge in [0.2, 0.25) is 5.91 Å².